The van der Waals surface area contributed by atoms with Gasteiger partial charge in [0, 0.05) is 5.56 Å². The smallest absolute Gasteiger partial charge is 0.209 e. The molecule has 3 heteroatoms. The van der Waals surface area contributed by atoms with Crippen LogP contribution in [0.2, 0.25) is 0 Å². The zero-order valence-corrected chi connectivity index (χ0v) is 12.7. The summed E-state index contributed by atoms with van der Waals surface area (Å²) in [5.74, 6) is 0.883. The molecule has 0 aliphatic rings. The van der Waals surface area contributed by atoms with E-state index in [1.165, 1.54) is 5.56 Å². The highest BCUT2D eigenvalue weighted by molar-refractivity contribution is 5.79. The van der Waals surface area contributed by atoms with E-state index in [-0.39, 0.29) is 11.3 Å². The van der Waals surface area contributed by atoms with E-state index in [0.717, 1.165) is 16.7 Å². The number of aryl methyl sites for hydroxylation is 2. The lowest BCUT2D eigenvalue weighted by atomic mass is 9.84. The van der Waals surface area contributed by atoms with Gasteiger partial charge in [-0.25, -0.2) is 0 Å². The minimum absolute atomic E-state index is 0.0540. The van der Waals surface area contributed by atoms with Gasteiger partial charge in [0.25, 0.3) is 0 Å². The number of furan rings is 1. The van der Waals surface area contributed by atoms with Crippen LogP contribution in [0.25, 0.3) is 11.1 Å². The van der Waals surface area contributed by atoms with Crippen LogP contribution in [0.4, 0.5) is 5.88 Å². The molecule has 0 saturated heterocycles. The first kappa shape index (κ1) is 14.2. The van der Waals surface area contributed by atoms with E-state index in [2.05, 4.69) is 45.0 Å². The lowest BCUT2D eigenvalue weighted by Gasteiger charge is -2.20. The Hall–Kier alpha value is -2.21. The first-order valence-corrected chi connectivity index (χ1v) is 6.66. The van der Waals surface area contributed by atoms with Crippen molar-refractivity contribution in [2.24, 2.45) is 0 Å². The Morgan fingerprint density at radius 1 is 1.20 bits per heavy atom. The van der Waals surface area contributed by atoms with Gasteiger partial charge in [-0.2, -0.15) is 5.26 Å². The maximum atomic E-state index is 9.30. The van der Waals surface area contributed by atoms with Gasteiger partial charge < -0.3 is 10.2 Å². The Balaban J connectivity index is 2.74. The van der Waals surface area contributed by atoms with E-state index in [1.54, 1.807) is 0 Å². The van der Waals surface area contributed by atoms with Crippen molar-refractivity contribution in [3.63, 3.8) is 0 Å². The van der Waals surface area contributed by atoms with E-state index in [9.17, 15) is 5.26 Å². The minimum Gasteiger partial charge on any atom is -0.444 e. The molecule has 3 nitrogen and oxygen atoms in total. The summed E-state index contributed by atoms with van der Waals surface area (Å²) in [6.07, 6.45) is 0. The summed E-state index contributed by atoms with van der Waals surface area (Å²) in [7, 11) is 0. The minimum atomic E-state index is 0.0540. The number of hydrogen-bond donors (Lipinski definition) is 1. The van der Waals surface area contributed by atoms with E-state index in [4.69, 9.17) is 10.2 Å². The van der Waals surface area contributed by atoms with Crippen LogP contribution in [0.15, 0.2) is 22.6 Å². The molecule has 2 N–H and O–H groups in total. The van der Waals surface area contributed by atoms with Crippen LogP contribution in [0, 0.1) is 25.2 Å². The molecule has 2 rings (SSSR count). The van der Waals surface area contributed by atoms with Crippen molar-refractivity contribution in [2.45, 2.75) is 40.0 Å². The SMILES string of the molecule is Cc1ccc(C(C)(C)C)cc1-c1c(C)oc(N)c1C#N. The van der Waals surface area contributed by atoms with Crippen LogP contribution < -0.4 is 5.73 Å². The third-order valence-electron chi connectivity index (χ3n) is 3.60. The predicted octanol–water partition coefficient (Wildman–Crippen LogP) is 4.31. The van der Waals surface area contributed by atoms with Crippen molar-refractivity contribution >= 4 is 5.88 Å². The second-order valence-electron chi connectivity index (χ2n) is 6.16. The fourth-order valence-corrected chi connectivity index (χ4v) is 2.36. The van der Waals surface area contributed by atoms with Crippen LogP contribution in [0.3, 0.4) is 0 Å². The fraction of sp³-hybridized carbons (Fsp3) is 0.353. The Kier molecular flexibility index (Phi) is 3.35. The molecule has 20 heavy (non-hydrogen) atoms. The molecule has 0 radical (unpaired) electrons. The zero-order valence-electron chi connectivity index (χ0n) is 12.7. The molecule has 104 valence electrons. The summed E-state index contributed by atoms with van der Waals surface area (Å²) in [6.45, 7) is 10.4. The average Bonchev–Trinajstić information content (AvgIpc) is 2.62. The molecule has 0 bridgehead atoms. The Morgan fingerprint density at radius 2 is 1.85 bits per heavy atom. The van der Waals surface area contributed by atoms with Crippen LogP contribution in [0.5, 0.6) is 0 Å². The van der Waals surface area contributed by atoms with Crippen molar-refractivity contribution in [2.75, 3.05) is 5.73 Å². The van der Waals surface area contributed by atoms with Gasteiger partial charge in [0.2, 0.25) is 5.88 Å². The summed E-state index contributed by atoms with van der Waals surface area (Å²) in [4.78, 5) is 0. The number of nitrogen functional groups attached to an aromatic ring is 1. The first-order chi connectivity index (χ1) is 9.25. The monoisotopic (exact) mass is 268 g/mol. The number of anilines is 1. The van der Waals surface area contributed by atoms with Gasteiger partial charge in [-0.15, -0.1) is 0 Å². The summed E-state index contributed by atoms with van der Waals surface area (Å²) < 4.78 is 5.43. The van der Waals surface area contributed by atoms with Gasteiger partial charge in [-0.05, 0) is 36.0 Å². The topological polar surface area (TPSA) is 62.9 Å². The second-order valence-corrected chi connectivity index (χ2v) is 6.16. The molecule has 0 aliphatic carbocycles. The fourth-order valence-electron chi connectivity index (χ4n) is 2.36. The molecule has 0 atom stereocenters. The van der Waals surface area contributed by atoms with Gasteiger partial charge in [-0.1, -0.05) is 39.0 Å². The molecule has 1 aromatic heterocycles. The molecular weight excluding hydrogens is 248 g/mol. The maximum absolute atomic E-state index is 9.30. The molecule has 1 heterocycles. The molecule has 0 aliphatic heterocycles. The van der Waals surface area contributed by atoms with Crippen molar-refractivity contribution in [3.05, 3.63) is 40.6 Å². The standard InChI is InChI=1S/C17H20N2O/c1-10-6-7-12(17(3,4)5)8-13(10)15-11(2)20-16(19)14(15)9-18/h6-8H,19H2,1-5H3. The highest BCUT2D eigenvalue weighted by Crippen LogP contribution is 2.37. The Labute approximate surface area is 120 Å². The highest BCUT2D eigenvalue weighted by atomic mass is 16.4. The maximum Gasteiger partial charge on any atom is 0.209 e. The van der Waals surface area contributed by atoms with Crippen molar-refractivity contribution < 1.29 is 4.42 Å². The normalized spacial score (nSPS) is 11.4. The molecule has 0 spiro atoms. The number of hydrogen-bond acceptors (Lipinski definition) is 3. The van der Waals surface area contributed by atoms with Gasteiger partial charge >= 0.3 is 0 Å². The van der Waals surface area contributed by atoms with Gasteiger partial charge in [0.15, 0.2) is 0 Å². The van der Waals surface area contributed by atoms with E-state index in [0.29, 0.717) is 11.3 Å². The number of nitriles is 1. The summed E-state index contributed by atoms with van der Waals surface area (Å²) in [5, 5.41) is 9.30. The lowest BCUT2D eigenvalue weighted by molar-refractivity contribution is 0.554. The van der Waals surface area contributed by atoms with Crippen molar-refractivity contribution in [1.29, 1.82) is 5.26 Å². The summed E-state index contributed by atoms with van der Waals surface area (Å²) in [5.41, 5.74) is 10.4. The molecule has 0 saturated carbocycles. The Morgan fingerprint density at radius 3 is 2.40 bits per heavy atom. The quantitative estimate of drug-likeness (QED) is 0.838. The van der Waals surface area contributed by atoms with Crippen LogP contribution in [-0.2, 0) is 5.41 Å². The summed E-state index contributed by atoms with van der Waals surface area (Å²) >= 11 is 0. The van der Waals surface area contributed by atoms with Crippen LogP contribution >= 0.6 is 0 Å². The third kappa shape index (κ3) is 2.30. The molecular formula is C17H20N2O. The van der Waals surface area contributed by atoms with E-state index < -0.39 is 0 Å². The number of rotatable bonds is 1. The van der Waals surface area contributed by atoms with Gasteiger partial charge in [0.1, 0.15) is 17.4 Å². The largest absolute Gasteiger partial charge is 0.444 e. The van der Waals surface area contributed by atoms with Crippen molar-refractivity contribution in [3.8, 4) is 17.2 Å². The molecule has 1 aromatic carbocycles. The van der Waals surface area contributed by atoms with Crippen LogP contribution in [-0.4, -0.2) is 0 Å². The summed E-state index contributed by atoms with van der Waals surface area (Å²) in [6, 6.07) is 8.49. The molecule has 2 aromatic rings. The molecule has 0 amide bonds. The van der Waals surface area contributed by atoms with E-state index >= 15 is 0 Å². The lowest BCUT2D eigenvalue weighted by Crippen LogP contribution is -2.11. The van der Waals surface area contributed by atoms with Gasteiger partial charge in [-0.3, -0.25) is 0 Å². The number of nitrogens with two attached hydrogens (primary N) is 1. The highest BCUT2D eigenvalue weighted by Gasteiger charge is 2.21. The van der Waals surface area contributed by atoms with E-state index in [1.807, 2.05) is 13.8 Å². The number of benzene rings is 1. The zero-order chi connectivity index (χ0) is 15.1. The first-order valence-electron chi connectivity index (χ1n) is 6.66. The molecule has 0 fully saturated rings. The Bertz CT molecular complexity index is 697. The van der Waals surface area contributed by atoms with Gasteiger partial charge in [0.05, 0.1) is 0 Å². The second kappa shape index (κ2) is 4.72. The molecule has 0 unspecified atom stereocenters. The predicted molar refractivity (Wildman–Crippen MR) is 81.4 cm³/mol. The third-order valence-corrected chi connectivity index (χ3v) is 3.60. The van der Waals surface area contributed by atoms with Crippen LogP contribution in [0.1, 0.15) is 43.2 Å². The number of nitrogens with zero attached hydrogens (tertiary/aromatic N) is 1. The van der Waals surface area contributed by atoms with Crippen molar-refractivity contribution in [1.82, 2.24) is 0 Å². The average molecular weight is 268 g/mol.